The van der Waals surface area contributed by atoms with Gasteiger partial charge in [-0.15, -0.1) is 10.2 Å². The molecule has 0 bridgehead atoms. The predicted octanol–water partition coefficient (Wildman–Crippen LogP) is 4.61. The molecule has 0 radical (unpaired) electrons. The number of pyridine rings is 1. The predicted molar refractivity (Wildman–Crippen MR) is 116 cm³/mol. The normalized spacial score (nSPS) is 10.6. The van der Waals surface area contributed by atoms with Crippen molar-refractivity contribution in [3.63, 3.8) is 0 Å². The fraction of sp³-hybridized carbons (Fsp3) is 0.0952. The third kappa shape index (κ3) is 3.97. The van der Waals surface area contributed by atoms with Crippen LogP contribution in [-0.2, 0) is 0 Å². The molecule has 2 heterocycles. The van der Waals surface area contributed by atoms with Crippen LogP contribution in [-0.4, -0.2) is 29.4 Å². The Balaban J connectivity index is 1.62. The van der Waals surface area contributed by atoms with Crippen molar-refractivity contribution in [2.75, 3.05) is 25.3 Å². The number of nitrogens with one attached hydrogen (secondary N) is 1. The molecule has 0 aliphatic heterocycles. The molecule has 0 amide bonds. The lowest BCUT2D eigenvalue weighted by molar-refractivity contribution is 0.355. The average molecular weight is 405 g/mol. The number of nitrogen functional groups attached to an aromatic ring is 1. The molecule has 2 aromatic carbocycles. The second-order valence-corrected chi connectivity index (χ2v) is 7.15. The molecule has 0 aliphatic carbocycles. The highest BCUT2D eigenvalue weighted by Crippen LogP contribution is 2.36. The van der Waals surface area contributed by atoms with E-state index in [-0.39, 0.29) is 0 Å². The summed E-state index contributed by atoms with van der Waals surface area (Å²) in [6.07, 6.45) is 3.58. The van der Waals surface area contributed by atoms with Crippen LogP contribution >= 0.6 is 11.3 Å². The summed E-state index contributed by atoms with van der Waals surface area (Å²) in [4.78, 5) is 4.28. The smallest absolute Gasteiger partial charge is 0.203 e. The van der Waals surface area contributed by atoms with Crippen molar-refractivity contribution in [1.29, 1.82) is 0 Å². The van der Waals surface area contributed by atoms with Gasteiger partial charge in [0.15, 0.2) is 11.5 Å². The Kier molecular flexibility index (Phi) is 5.26. The van der Waals surface area contributed by atoms with Crippen LogP contribution in [0.25, 0.3) is 21.7 Å². The number of aromatic nitrogens is 3. The Morgan fingerprint density at radius 1 is 0.897 bits per heavy atom. The van der Waals surface area contributed by atoms with Gasteiger partial charge in [-0.05, 0) is 48.0 Å². The number of nitrogens with two attached hydrogens (primary N) is 1. The zero-order valence-electron chi connectivity index (χ0n) is 15.9. The summed E-state index contributed by atoms with van der Waals surface area (Å²) < 4.78 is 10.8. The van der Waals surface area contributed by atoms with Gasteiger partial charge >= 0.3 is 0 Å². The van der Waals surface area contributed by atoms with E-state index in [1.54, 1.807) is 20.4 Å². The molecule has 0 unspecified atom stereocenters. The number of nitrogens with zero attached hydrogens (tertiary/aromatic N) is 3. The van der Waals surface area contributed by atoms with Crippen molar-refractivity contribution in [3.05, 3.63) is 60.9 Å². The molecule has 4 aromatic rings. The highest BCUT2D eigenvalue weighted by atomic mass is 32.1. The third-order valence-corrected chi connectivity index (χ3v) is 5.17. The summed E-state index contributed by atoms with van der Waals surface area (Å²) in [6.45, 7) is 0. The summed E-state index contributed by atoms with van der Waals surface area (Å²) in [7, 11) is 3.24. The minimum Gasteiger partial charge on any atom is -0.493 e. The molecule has 0 saturated heterocycles. The average Bonchev–Trinajstić information content (AvgIpc) is 3.20. The fourth-order valence-corrected chi connectivity index (χ4v) is 3.56. The van der Waals surface area contributed by atoms with Gasteiger partial charge in [0.1, 0.15) is 5.01 Å². The number of ether oxygens (including phenoxy) is 2. The van der Waals surface area contributed by atoms with Crippen molar-refractivity contribution in [1.82, 2.24) is 15.2 Å². The third-order valence-electron chi connectivity index (χ3n) is 4.37. The van der Waals surface area contributed by atoms with Crippen molar-refractivity contribution in [2.45, 2.75) is 0 Å². The zero-order chi connectivity index (χ0) is 20.2. The van der Waals surface area contributed by atoms with Crippen LogP contribution in [0.4, 0.5) is 16.5 Å². The first-order valence-electron chi connectivity index (χ1n) is 8.81. The van der Waals surface area contributed by atoms with Gasteiger partial charge in [-0.25, -0.2) is 0 Å². The largest absolute Gasteiger partial charge is 0.493 e. The van der Waals surface area contributed by atoms with Crippen molar-refractivity contribution in [3.8, 4) is 33.2 Å². The topological polar surface area (TPSA) is 95.2 Å². The summed E-state index contributed by atoms with van der Waals surface area (Å²) >= 11 is 1.36. The SMILES string of the molecule is COc1ccc(-c2cnccc2Nc2ccc(-c3nnc(N)s3)cc2)cc1OC. The maximum Gasteiger partial charge on any atom is 0.203 e. The monoisotopic (exact) mass is 405 g/mol. The van der Waals surface area contributed by atoms with Crippen molar-refractivity contribution in [2.24, 2.45) is 0 Å². The number of anilines is 3. The van der Waals surface area contributed by atoms with Crippen LogP contribution in [0.5, 0.6) is 11.5 Å². The Morgan fingerprint density at radius 3 is 2.34 bits per heavy atom. The van der Waals surface area contributed by atoms with Crippen LogP contribution in [0.15, 0.2) is 60.9 Å². The van der Waals surface area contributed by atoms with E-state index in [9.17, 15) is 0 Å². The van der Waals surface area contributed by atoms with E-state index in [1.807, 2.05) is 54.7 Å². The second-order valence-electron chi connectivity index (χ2n) is 6.14. The fourth-order valence-electron chi connectivity index (χ4n) is 2.94. The van der Waals surface area contributed by atoms with E-state index in [0.29, 0.717) is 16.6 Å². The van der Waals surface area contributed by atoms with E-state index in [4.69, 9.17) is 15.2 Å². The quantitative estimate of drug-likeness (QED) is 0.484. The first kappa shape index (κ1) is 18.7. The lowest BCUT2D eigenvalue weighted by Gasteiger charge is -2.14. The molecule has 4 rings (SSSR count). The lowest BCUT2D eigenvalue weighted by Crippen LogP contribution is -1.95. The summed E-state index contributed by atoms with van der Waals surface area (Å²) in [6, 6.07) is 15.7. The molecule has 0 atom stereocenters. The summed E-state index contributed by atoms with van der Waals surface area (Å²) in [5.74, 6) is 1.35. The van der Waals surface area contributed by atoms with Crippen LogP contribution in [0.1, 0.15) is 0 Å². The molecule has 0 fully saturated rings. The zero-order valence-corrected chi connectivity index (χ0v) is 16.7. The molecule has 29 heavy (non-hydrogen) atoms. The Morgan fingerprint density at radius 2 is 1.66 bits per heavy atom. The molecule has 8 heteroatoms. The van der Waals surface area contributed by atoms with Gasteiger partial charge in [-0.3, -0.25) is 4.98 Å². The molecule has 0 aliphatic rings. The van der Waals surface area contributed by atoms with Crippen LogP contribution in [0, 0.1) is 0 Å². The van der Waals surface area contributed by atoms with Crippen LogP contribution in [0.3, 0.4) is 0 Å². The maximum absolute atomic E-state index is 5.67. The standard InChI is InChI=1S/C21H19N5O2S/c1-27-18-8-5-14(11-19(18)28-2)16-12-23-10-9-17(16)24-15-6-3-13(4-7-15)20-25-26-21(22)29-20/h3-12H,1-2H3,(H2,22,26)(H,23,24). The number of hydrogen-bond donors (Lipinski definition) is 2. The maximum atomic E-state index is 5.67. The number of methoxy groups -OCH3 is 2. The summed E-state index contributed by atoms with van der Waals surface area (Å²) in [5, 5.41) is 12.6. The number of hydrogen-bond acceptors (Lipinski definition) is 8. The molecule has 0 saturated carbocycles. The van der Waals surface area contributed by atoms with Crippen molar-refractivity contribution < 1.29 is 9.47 Å². The van der Waals surface area contributed by atoms with E-state index in [0.717, 1.165) is 33.1 Å². The Hall–Kier alpha value is -3.65. The number of rotatable bonds is 6. The highest BCUT2D eigenvalue weighted by Gasteiger charge is 2.11. The Bertz CT molecular complexity index is 1130. The van der Waals surface area contributed by atoms with E-state index in [2.05, 4.69) is 20.5 Å². The van der Waals surface area contributed by atoms with E-state index in [1.165, 1.54) is 11.3 Å². The van der Waals surface area contributed by atoms with Gasteiger partial charge < -0.3 is 20.5 Å². The molecule has 3 N–H and O–H groups in total. The van der Waals surface area contributed by atoms with Gasteiger partial charge in [-0.1, -0.05) is 17.4 Å². The second kappa shape index (κ2) is 8.15. The number of benzene rings is 2. The van der Waals surface area contributed by atoms with Crippen molar-refractivity contribution >= 4 is 27.8 Å². The molecule has 7 nitrogen and oxygen atoms in total. The van der Waals surface area contributed by atoms with Gasteiger partial charge in [0.25, 0.3) is 0 Å². The minimum absolute atomic E-state index is 0.457. The lowest BCUT2D eigenvalue weighted by atomic mass is 10.0. The molecular formula is C21H19N5O2S. The summed E-state index contributed by atoms with van der Waals surface area (Å²) in [5.41, 5.74) is 10.4. The molecule has 2 aromatic heterocycles. The molecule has 0 spiro atoms. The Labute approximate surface area is 172 Å². The van der Waals surface area contributed by atoms with Gasteiger partial charge in [0.2, 0.25) is 5.13 Å². The van der Waals surface area contributed by atoms with Gasteiger partial charge in [0, 0.05) is 34.9 Å². The first-order valence-corrected chi connectivity index (χ1v) is 9.62. The van der Waals surface area contributed by atoms with Crippen LogP contribution in [0.2, 0.25) is 0 Å². The minimum atomic E-state index is 0.457. The van der Waals surface area contributed by atoms with E-state index >= 15 is 0 Å². The van der Waals surface area contributed by atoms with Crippen LogP contribution < -0.4 is 20.5 Å². The van der Waals surface area contributed by atoms with E-state index < -0.39 is 0 Å². The first-order chi connectivity index (χ1) is 14.2. The molecular weight excluding hydrogens is 386 g/mol. The van der Waals surface area contributed by atoms with Gasteiger partial charge in [-0.2, -0.15) is 0 Å². The highest BCUT2D eigenvalue weighted by molar-refractivity contribution is 7.18. The van der Waals surface area contributed by atoms with Gasteiger partial charge in [0.05, 0.1) is 14.2 Å². The molecule has 146 valence electrons.